The predicted molar refractivity (Wildman–Crippen MR) is 82.0 cm³/mol. The summed E-state index contributed by atoms with van der Waals surface area (Å²) in [5.41, 5.74) is 0.754. The van der Waals surface area contributed by atoms with Crippen LogP contribution >= 0.6 is 0 Å². The monoisotopic (exact) mass is 291 g/mol. The Morgan fingerprint density at radius 3 is 2.67 bits per heavy atom. The Morgan fingerprint density at radius 2 is 2.00 bits per heavy atom. The molecule has 1 aromatic carbocycles. The molecule has 0 saturated heterocycles. The van der Waals surface area contributed by atoms with E-state index < -0.39 is 5.60 Å². The number of hydrogen-bond donors (Lipinski definition) is 1. The van der Waals surface area contributed by atoms with Crippen LogP contribution in [-0.4, -0.2) is 24.3 Å². The van der Waals surface area contributed by atoms with Crippen LogP contribution in [0.4, 0.5) is 4.79 Å². The molecule has 1 N–H and O–H groups in total. The third-order valence-corrected chi connectivity index (χ3v) is 3.37. The molecule has 1 aromatic rings. The van der Waals surface area contributed by atoms with Gasteiger partial charge in [0, 0.05) is 12.6 Å². The highest BCUT2D eigenvalue weighted by Crippen LogP contribution is 2.33. The lowest BCUT2D eigenvalue weighted by Crippen LogP contribution is -2.34. The molecule has 0 radical (unpaired) electrons. The average Bonchev–Trinajstić information content (AvgIpc) is 3.11. The van der Waals surface area contributed by atoms with Crippen molar-refractivity contribution in [3.63, 3.8) is 0 Å². The summed E-state index contributed by atoms with van der Waals surface area (Å²) in [5, 5.41) is 2.90. The second-order valence-corrected chi connectivity index (χ2v) is 6.58. The van der Waals surface area contributed by atoms with Gasteiger partial charge in [-0.2, -0.15) is 0 Å². The lowest BCUT2D eigenvalue weighted by atomic mass is 10.2. The molecular formula is C17H25NO3. The van der Waals surface area contributed by atoms with Crippen LogP contribution < -0.4 is 5.32 Å². The maximum Gasteiger partial charge on any atom is 0.407 e. The molecule has 0 aromatic heterocycles. The van der Waals surface area contributed by atoms with Crippen LogP contribution in [0.1, 0.15) is 39.2 Å². The smallest absolute Gasteiger partial charge is 0.407 e. The van der Waals surface area contributed by atoms with Gasteiger partial charge in [0.2, 0.25) is 0 Å². The molecule has 2 unspecified atom stereocenters. The Morgan fingerprint density at radius 1 is 1.29 bits per heavy atom. The van der Waals surface area contributed by atoms with E-state index in [0.29, 0.717) is 12.5 Å². The lowest BCUT2D eigenvalue weighted by Gasteiger charge is -2.19. The van der Waals surface area contributed by atoms with Gasteiger partial charge in [-0.25, -0.2) is 4.79 Å². The van der Waals surface area contributed by atoms with Crippen molar-refractivity contribution in [2.45, 2.75) is 51.9 Å². The van der Waals surface area contributed by atoms with E-state index in [-0.39, 0.29) is 12.1 Å². The highest BCUT2D eigenvalue weighted by molar-refractivity contribution is 5.68. The Bertz CT molecular complexity index is 453. The van der Waals surface area contributed by atoms with Crippen molar-refractivity contribution in [2.24, 2.45) is 5.92 Å². The van der Waals surface area contributed by atoms with Gasteiger partial charge in [0.1, 0.15) is 5.60 Å². The van der Waals surface area contributed by atoms with Crippen LogP contribution in [0.2, 0.25) is 0 Å². The summed E-state index contributed by atoms with van der Waals surface area (Å²) in [6.07, 6.45) is 1.68. The van der Waals surface area contributed by atoms with E-state index in [1.165, 1.54) is 5.56 Å². The fourth-order valence-electron chi connectivity index (χ4n) is 2.20. The molecule has 4 nitrogen and oxygen atoms in total. The van der Waals surface area contributed by atoms with E-state index in [4.69, 9.17) is 9.47 Å². The van der Waals surface area contributed by atoms with Crippen LogP contribution in [0.3, 0.4) is 0 Å². The molecule has 1 aliphatic rings. The van der Waals surface area contributed by atoms with Crippen LogP contribution in [0.25, 0.3) is 0 Å². The number of carbonyl (C=O) groups is 1. The van der Waals surface area contributed by atoms with Crippen molar-refractivity contribution < 1.29 is 14.3 Å². The topological polar surface area (TPSA) is 47.6 Å². The Labute approximate surface area is 126 Å². The Balaban J connectivity index is 1.55. The van der Waals surface area contributed by atoms with E-state index in [1.54, 1.807) is 0 Å². The summed E-state index contributed by atoms with van der Waals surface area (Å²) in [5.74, 6) is 0.522. The highest BCUT2D eigenvalue weighted by atomic mass is 16.6. The lowest BCUT2D eigenvalue weighted by molar-refractivity contribution is 0.0518. The molecular weight excluding hydrogens is 266 g/mol. The van der Waals surface area contributed by atoms with Gasteiger partial charge in [0.25, 0.3) is 0 Å². The number of carbonyl (C=O) groups excluding carboxylic acids is 1. The first-order chi connectivity index (χ1) is 9.94. The van der Waals surface area contributed by atoms with Gasteiger partial charge >= 0.3 is 6.09 Å². The third-order valence-electron chi connectivity index (χ3n) is 3.37. The van der Waals surface area contributed by atoms with Gasteiger partial charge in [-0.05, 0) is 45.1 Å². The van der Waals surface area contributed by atoms with Crippen molar-refractivity contribution in [2.75, 3.05) is 6.61 Å². The standard InChI is InChI=1S/C17H25NO3/c1-17(2,3)21-16(19)18-15-11-14(15)9-10-20-12-13-7-5-4-6-8-13/h4-8,14-15H,9-12H2,1-3H3,(H,18,19). The van der Waals surface area contributed by atoms with Crippen LogP contribution in [0.15, 0.2) is 30.3 Å². The van der Waals surface area contributed by atoms with Crippen LogP contribution in [0, 0.1) is 5.92 Å². The minimum atomic E-state index is -0.437. The van der Waals surface area contributed by atoms with Crippen molar-refractivity contribution >= 4 is 6.09 Å². The fraction of sp³-hybridized carbons (Fsp3) is 0.588. The summed E-state index contributed by atoms with van der Waals surface area (Å²) < 4.78 is 10.9. The molecule has 0 aliphatic heterocycles. The molecule has 0 spiro atoms. The number of rotatable bonds is 6. The minimum absolute atomic E-state index is 0.250. The van der Waals surface area contributed by atoms with E-state index >= 15 is 0 Å². The number of ether oxygens (including phenoxy) is 2. The van der Waals surface area contributed by atoms with Crippen LogP contribution in [0.5, 0.6) is 0 Å². The molecule has 2 atom stereocenters. The largest absolute Gasteiger partial charge is 0.444 e. The zero-order valence-electron chi connectivity index (χ0n) is 13.1. The number of benzene rings is 1. The van der Waals surface area contributed by atoms with E-state index in [1.807, 2.05) is 39.0 Å². The zero-order valence-corrected chi connectivity index (χ0v) is 13.1. The van der Waals surface area contributed by atoms with Crippen molar-refractivity contribution in [3.8, 4) is 0 Å². The molecule has 1 saturated carbocycles. The summed E-state index contributed by atoms with van der Waals surface area (Å²) in [6, 6.07) is 10.4. The SMILES string of the molecule is CC(C)(C)OC(=O)NC1CC1CCOCc1ccccc1. The first kappa shape index (κ1) is 15.8. The number of alkyl carbamates (subject to hydrolysis) is 1. The first-order valence-corrected chi connectivity index (χ1v) is 7.55. The number of hydrogen-bond acceptors (Lipinski definition) is 3. The minimum Gasteiger partial charge on any atom is -0.444 e. The highest BCUT2D eigenvalue weighted by Gasteiger charge is 2.38. The van der Waals surface area contributed by atoms with Gasteiger partial charge in [0.05, 0.1) is 6.61 Å². The van der Waals surface area contributed by atoms with Crippen molar-refractivity contribution in [1.29, 1.82) is 0 Å². The Kier molecular flexibility index (Phi) is 5.23. The normalized spacial score (nSPS) is 20.9. The zero-order chi connectivity index (χ0) is 15.3. The molecule has 1 amide bonds. The number of amides is 1. The van der Waals surface area contributed by atoms with Gasteiger partial charge in [-0.3, -0.25) is 0 Å². The maximum absolute atomic E-state index is 11.6. The summed E-state index contributed by atoms with van der Waals surface area (Å²) in [7, 11) is 0. The second kappa shape index (κ2) is 6.94. The van der Waals surface area contributed by atoms with Crippen molar-refractivity contribution in [1.82, 2.24) is 5.32 Å². The molecule has 0 bridgehead atoms. The summed E-state index contributed by atoms with van der Waals surface area (Å²) in [4.78, 5) is 11.6. The van der Waals surface area contributed by atoms with E-state index in [0.717, 1.165) is 19.4 Å². The number of nitrogens with one attached hydrogen (secondary N) is 1. The maximum atomic E-state index is 11.6. The Hall–Kier alpha value is -1.55. The average molecular weight is 291 g/mol. The summed E-state index contributed by atoms with van der Waals surface area (Å²) in [6.45, 7) is 6.99. The van der Waals surface area contributed by atoms with Gasteiger partial charge in [-0.15, -0.1) is 0 Å². The van der Waals surface area contributed by atoms with Gasteiger partial charge in [-0.1, -0.05) is 30.3 Å². The van der Waals surface area contributed by atoms with E-state index in [9.17, 15) is 4.79 Å². The van der Waals surface area contributed by atoms with E-state index in [2.05, 4.69) is 17.4 Å². The van der Waals surface area contributed by atoms with Crippen molar-refractivity contribution in [3.05, 3.63) is 35.9 Å². The summed E-state index contributed by atoms with van der Waals surface area (Å²) >= 11 is 0. The molecule has 1 fully saturated rings. The fourth-order valence-corrected chi connectivity index (χ4v) is 2.20. The molecule has 21 heavy (non-hydrogen) atoms. The molecule has 4 heteroatoms. The molecule has 2 rings (SSSR count). The van der Waals surface area contributed by atoms with Crippen LogP contribution in [-0.2, 0) is 16.1 Å². The second-order valence-electron chi connectivity index (χ2n) is 6.58. The van der Waals surface area contributed by atoms with Gasteiger partial charge < -0.3 is 14.8 Å². The van der Waals surface area contributed by atoms with Gasteiger partial charge in [0.15, 0.2) is 0 Å². The third kappa shape index (κ3) is 6.17. The molecule has 116 valence electrons. The molecule has 1 aliphatic carbocycles. The quantitative estimate of drug-likeness (QED) is 0.816. The first-order valence-electron chi connectivity index (χ1n) is 7.55. The predicted octanol–water partition coefficient (Wildman–Crippen LogP) is 3.51. The molecule has 0 heterocycles.